The lowest BCUT2D eigenvalue weighted by Crippen LogP contribution is -2.15. The second kappa shape index (κ2) is 9.38. The molecule has 0 saturated carbocycles. The predicted molar refractivity (Wildman–Crippen MR) is 104 cm³/mol. The van der Waals surface area contributed by atoms with Crippen LogP contribution in [0.25, 0.3) is 0 Å². The number of rotatable bonds is 9. The summed E-state index contributed by atoms with van der Waals surface area (Å²) in [5.41, 5.74) is 0.694. The molecule has 1 amide bonds. The van der Waals surface area contributed by atoms with Gasteiger partial charge in [-0.15, -0.1) is 0 Å². The Balaban J connectivity index is 2.22. The summed E-state index contributed by atoms with van der Waals surface area (Å²) in [6.07, 6.45) is 1.68. The van der Waals surface area contributed by atoms with Gasteiger partial charge in [-0.1, -0.05) is 19.9 Å². The van der Waals surface area contributed by atoms with Gasteiger partial charge in [-0.2, -0.15) is 0 Å². The summed E-state index contributed by atoms with van der Waals surface area (Å²) < 4.78 is 34.2. The van der Waals surface area contributed by atoms with E-state index in [1.54, 1.807) is 24.3 Å². The van der Waals surface area contributed by atoms with Crippen LogP contribution in [0.15, 0.2) is 47.4 Å². The Morgan fingerprint density at radius 1 is 1.00 bits per heavy atom. The standard InChI is InChI=1S/C19H24N2O5S/c1-3-10-25-17-9-8-14(12-18(17)26-11-4-2)19(22)21-15-6-5-7-16(13-15)27(20,23)24/h5-9,12-13H,3-4,10-11H2,1-2H3,(H,21,22)(H2,20,23,24). The minimum Gasteiger partial charge on any atom is -0.490 e. The van der Waals surface area contributed by atoms with E-state index in [4.69, 9.17) is 14.6 Å². The number of benzene rings is 2. The van der Waals surface area contributed by atoms with E-state index in [-0.39, 0.29) is 4.90 Å². The number of primary sulfonamides is 1. The first-order valence-electron chi connectivity index (χ1n) is 8.69. The first-order chi connectivity index (χ1) is 12.8. The van der Waals surface area contributed by atoms with E-state index >= 15 is 0 Å². The van der Waals surface area contributed by atoms with E-state index in [0.29, 0.717) is 36.0 Å². The Bertz CT molecular complexity index is 897. The van der Waals surface area contributed by atoms with Gasteiger partial charge in [0.2, 0.25) is 10.0 Å². The van der Waals surface area contributed by atoms with Crippen LogP contribution in [0.2, 0.25) is 0 Å². The summed E-state index contributed by atoms with van der Waals surface area (Å²) in [5.74, 6) is 0.680. The summed E-state index contributed by atoms with van der Waals surface area (Å²) >= 11 is 0. The highest BCUT2D eigenvalue weighted by Crippen LogP contribution is 2.29. The lowest BCUT2D eigenvalue weighted by molar-refractivity contribution is 0.102. The first kappa shape index (κ1) is 20.7. The number of ether oxygens (including phenoxy) is 2. The molecule has 27 heavy (non-hydrogen) atoms. The van der Waals surface area contributed by atoms with Crippen LogP contribution in [-0.2, 0) is 10.0 Å². The van der Waals surface area contributed by atoms with Crippen molar-refractivity contribution in [2.75, 3.05) is 18.5 Å². The van der Waals surface area contributed by atoms with Crippen LogP contribution in [0.3, 0.4) is 0 Å². The summed E-state index contributed by atoms with van der Waals surface area (Å²) in [6.45, 7) is 5.05. The number of hydrogen-bond acceptors (Lipinski definition) is 5. The zero-order chi connectivity index (χ0) is 19.9. The number of anilines is 1. The maximum absolute atomic E-state index is 12.5. The Kier molecular flexibility index (Phi) is 7.20. The highest BCUT2D eigenvalue weighted by molar-refractivity contribution is 7.89. The summed E-state index contributed by atoms with van der Waals surface area (Å²) in [6, 6.07) is 10.7. The van der Waals surface area contributed by atoms with Crippen LogP contribution < -0.4 is 19.9 Å². The zero-order valence-electron chi connectivity index (χ0n) is 15.4. The van der Waals surface area contributed by atoms with Gasteiger partial charge < -0.3 is 14.8 Å². The molecule has 0 unspecified atom stereocenters. The van der Waals surface area contributed by atoms with Crippen molar-refractivity contribution < 1.29 is 22.7 Å². The summed E-state index contributed by atoms with van der Waals surface area (Å²) in [5, 5.41) is 7.78. The van der Waals surface area contributed by atoms with E-state index in [0.717, 1.165) is 12.8 Å². The third-order valence-corrected chi connectivity index (χ3v) is 4.46. The molecule has 0 fully saturated rings. The van der Waals surface area contributed by atoms with Crippen molar-refractivity contribution in [2.24, 2.45) is 5.14 Å². The number of carbonyl (C=O) groups is 1. The molecular formula is C19H24N2O5S. The third kappa shape index (κ3) is 5.97. The molecular weight excluding hydrogens is 368 g/mol. The summed E-state index contributed by atoms with van der Waals surface area (Å²) in [4.78, 5) is 12.5. The molecule has 0 bridgehead atoms. The molecule has 0 spiro atoms. The van der Waals surface area contributed by atoms with Gasteiger partial charge in [-0.3, -0.25) is 4.79 Å². The number of nitrogens with two attached hydrogens (primary N) is 1. The van der Waals surface area contributed by atoms with Gasteiger partial charge in [-0.05, 0) is 49.2 Å². The van der Waals surface area contributed by atoms with Gasteiger partial charge in [0.05, 0.1) is 18.1 Å². The number of hydrogen-bond donors (Lipinski definition) is 2. The van der Waals surface area contributed by atoms with Crippen molar-refractivity contribution in [3.8, 4) is 11.5 Å². The Morgan fingerprint density at radius 3 is 2.30 bits per heavy atom. The highest BCUT2D eigenvalue weighted by atomic mass is 32.2. The van der Waals surface area contributed by atoms with Crippen molar-refractivity contribution in [2.45, 2.75) is 31.6 Å². The van der Waals surface area contributed by atoms with Gasteiger partial charge in [-0.25, -0.2) is 13.6 Å². The lowest BCUT2D eigenvalue weighted by Gasteiger charge is -2.14. The molecule has 0 aromatic heterocycles. The van der Waals surface area contributed by atoms with Crippen molar-refractivity contribution in [1.29, 1.82) is 0 Å². The maximum Gasteiger partial charge on any atom is 0.255 e. The monoisotopic (exact) mass is 392 g/mol. The smallest absolute Gasteiger partial charge is 0.255 e. The average molecular weight is 392 g/mol. The van der Waals surface area contributed by atoms with Crippen LogP contribution in [0.4, 0.5) is 5.69 Å². The molecule has 8 heteroatoms. The molecule has 0 aliphatic heterocycles. The average Bonchev–Trinajstić information content (AvgIpc) is 2.64. The fourth-order valence-electron chi connectivity index (χ4n) is 2.26. The lowest BCUT2D eigenvalue weighted by atomic mass is 10.1. The molecule has 0 aliphatic carbocycles. The molecule has 7 nitrogen and oxygen atoms in total. The Labute approximate surface area is 159 Å². The van der Waals surface area contributed by atoms with Gasteiger partial charge >= 0.3 is 0 Å². The number of sulfonamides is 1. The molecule has 0 atom stereocenters. The van der Waals surface area contributed by atoms with E-state index in [9.17, 15) is 13.2 Å². The molecule has 0 aliphatic rings. The fourth-order valence-corrected chi connectivity index (χ4v) is 2.82. The number of amides is 1. The van der Waals surface area contributed by atoms with Crippen LogP contribution in [0.1, 0.15) is 37.0 Å². The molecule has 146 valence electrons. The molecule has 0 saturated heterocycles. The Hall–Kier alpha value is -2.58. The van der Waals surface area contributed by atoms with Crippen molar-refractivity contribution in [1.82, 2.24) is 0 Å². The number of carbonyl (C=O) groups excluding carboxylic acids is 1. The van der Waals surface area contributed by atoms with Crippen LogP contribution in [0, 0.1) is 0 Å². The van der Waals surface area contributed by atoms with E-state index < -0.39 is 15.9 Å². The minimum absolute atomic E-state index is 0.0735. The molecule has 2 rings (SSSR count). The van der Waals surface area contributed by atoms with E-state index in [1.807, 2.05) is 13.8 Å². The molecule has 2 aromatic rings. The zero-order valence-corrected chi connectivity index (χ0v) is 16.2. The van der Waals surface area contributed by atoms with Gasteiger partial charge in [0.15, 0.2) is 11.5 Å². The predicted octanol–water partition coefficient (Wildman–Crippen LogP) is 3.16. The molecule has 3 N–H and O–H groups in total. The van der Waals surface area contributed by atoms with Crippen molar-refractivity contribution >= 4 is 21.6 Å². The largest absolute Gasteiger partial charge is 0.490 e. The van der Waals surface area contributed by atoms with Crippen LogP contribution in [-0.4, -0.2) is 27.5 Å². The molecule has 0 heterocycles. The SMILES string of the molecule is CCCOc1ccc(C(=O)Nc2cccc(S(N)(=O)=O)c2)cc1OCCC. The quantitative estimate of drug-likeness (QED) is 0.681. The minimum atomic E-state index is -3.85. The third-order valence-electron chi connectivity index (χ3n) is 3.55. The van der Waals surface area contributed by atoms with Crippen molar-refractivity contribution in [3.05, 3.63) is 48.0 Å². The molecule has 2 aromatic carbocycles. The summed E-state index contributed by atoms with van der Waals surface area (Å²) in [7, 11) is -3.85. The normalized spacial score (nSPS) is 11.1. The second-order valence-electron chi connectivity index (χ2n) is 5.89. The van der Waals surface area contributed by atoms with Gasteiger partial charge in [0.1, 0.15) is 0 Å². The first-order valence-corrected chi connectivity index (χ1v) is 10.2. The highest BCUT2D eigenvalue weighted by Gasteiger charge is 2.14. The fraction of sp³-hybridized carbons (Fsp3) is 0.316. The van der Waals surface area contributed by atoms with Crippen molar-refractivity contribution in [3.63, 3.8) is 0 Å². The maximum atomic E-state index is 12.5. The molecule has 0 radical (unpaired) electrons. The topological polar surface area (TPSA) is 108 Å². The second-order valence-corrected chi connectivity index (χ2v) is 7.45. The van der Waals surface area contributed by atoms with Crippen LogP contribution in [0.5, 0.6) is 11.5 Å². The number of nitrogens with one attached hydrogen (secondary N) is 1. The van der Waals surface area contributed by atoms with E-state index in [1.165, 1.54) is 18.2 Å². The van der Waals surface area contributed by atoms with Crippen LogP contribution >= 0.6 is 0 Å². The van der Waals surface area contributed by atoms with Gasteiger partial charge in [0.25, 0.3) is 5.91 Å². The Morgan fingerprint density at radius 2 is 1.67 bits per heavy atom. The van der Waals surface area contributed by atoms with E-state index in [2.05, 4.69) is 5.32 Å². The van der Waals surface area contributed by atoms with Gasteiger partial charge in [0, 0.05) is 11.3 Å².